The van der Waals surface area contributed by atoms with Crippen LogP contribution >= 0.6 is 0 Å². The summed E-state index contributed by atoms with van der Waals surface area (Å²) < 4.78 is 19.6. The minimum absolute atomic E-state index is 0.0141. The minimum atomic E-state index is -2.21. The molecule has 0 spiro atoms. The zero-order valence-electron chi connectivity index (χ0n) is 21.8. The molecule has 3 rings (SSSR count). The summed E-state index contributed by atoms with van der Waals surface area (Å²) in [5, 5.41) is 0.497. The molecule has 0 atom stereocenters. The van der Waals surface area contributed by atoms with Crippen LogP contribution in [-0.4, -0.2) is 16.6 Å². The molecule has 0 unspecified atom stereocenters. The molecule has 4 nitrogen and oxygen atoms in total. The van der Waals surface area contributed by atoms with Crippen molar-refractivity contribution in [2.45, 2.75) is 77.8 Å². The minimum Gasteiger partial charge on any atom is -0.543 e. The molecule has 0 radical (unpaired) electrons. The Bertz CT molecular complexity index is 1200. The second-order valence-electron chi connectivity index (χ2n) is 11.9. The molecule has 0 bridgehead atoms. The first-order valence-electron chi connectivity index (χ1n) is 11.6. The fourth-order valence-corrected chi connectivity index (χ4v) is 5.02. The molecular weight excluding hydrogens is 444 g/mol. The van der Waals surface area contributed by atoms with Crippen LogP contribution < -0.4 is 14.3 Å². The van der Waals surface area contributed by atoms with E-state index in [1.807, 2.05) is 42.5 Å². The van der Waals surface area contributed by atoms with Crippen LogP contribution in [-0.2, 0) is 0 Å². The molecule has 0 N–H and O–H groups in total. The number of benzene rings is 2. The van der Waals surface area contributed by atoms with E-state index in [0.29, 0.717) is 28.2 Å². The Labute approximate surface area is 200 Å². The predicted molar refractivity (Wildman–Crippen MR) is 144 cm³/mol. The average Bonchev–Trinajstić information content (AvgIpc) is 2.65. The molecule has 6 heteroatoms. The lowest BCUT2D eigenvalue weighted by atomic mass is 10.1. The zero-order chi connectivity index (χ0) is 24.8. The number of hydrogen-bond acceptors (Lipinski definition) is 4. The largest absolute Gasteiger partial charge is 0.543 e. The molecule has 0 aliphatic rings. The van der Waals surface area contributed by atoms with Gasteiger partial charge in [0.05, 0.1) is 0 Å². The van der Waals surface area contributed by atoms with Gasteiger partial charge in [-0.1, -0.05) is 71.9 Å². The van der Waals surface area contributed by atoms with Crippen LogP contribution in [0, 0.1) is 0 Å². The molecule has 1 heterocycles. The molecule has 33 heavy (non-hydrogen) atoms. The van der Waals surface area contributed by atoms with Crippen molar-refractivity contribution >= 4 is 27.6 Å². The molecule has 178 valence electrons. The second-order valence-corrected chi connectivity index (χ2v) is 21.3. The van der Waals surface area contributed by atoms with E-state index in [1.165, 1.54) is 0 Å². The van der Waals surface area contributed by atoms with Crippen molar-refractivity contribution in [3.63, 3.8) is 0 Å². The van der Waals surface area contributed by atoms with Gasteiger partial charge in [-0.15, -0.1) is 0 Å². The normalized spacial score (nSPS) is 13.3. The van der Waals surface area contributed by atoms with E-state index in [-0.39, 0.29) is 15.5 Å². The molecule has 0 aliphatic carbocycles. The van der Waals surface area contributed by atoms with E-state index in [1.54, 1.807) is 6.07 Å². The van der Waals surface area contributed by atoms with Crippen molar-refractivity contribution in [2.24, 2.45) is 0 Å². The molecule has 0 fully saturated rings. The summed E-state index contributed by atoms with van der Waals surface area (Å²) in [5.41, 5.74) is 1.24. The Balaban J connectivity index is 2.25. The quantitative estimate of drug-likeness (QED) is 0.344. The Kier molecular flexibility index (Phi) is 6.50. The predicted octanol–water partition coefficient (Wildman–Crippen LogP) is 8.23. The van der Waals surface area contributed by atoms with Gasteiger partial charge in [-0.2, -0.15) is 0 Å². The third kappa shape index (κ3) is 5.27. The maximum absolute atomic E-state index is 13.3. The van der Waals surface area contributed by atoms with Crippen LogP contribution in [0.3, 0.4) is 0 Å². The Morgan fingerprint density at radius 3 is 1.85 bits per heavy atom. The number of fused-ring (bicyclic) bond motifs is 1. The molecule has 0 saturated carbocycles. The highest BCUT2D eigenvalue weighted by atomic mass is 28.4. The SMILES string of the molecule is CC(C)(C)[Si](C)(C)Oc1cc(O[Si](C)(C)C(C)(C)C)c2c(=O)cc(-c3ccccc3)oc2c1. The molecule has 1 aromatic heterocycles. The lowest BCUT2D eigenvalue weighted by molar-refractivity contribution is 0.475. The van der Waals surface area contributed by atoms with Crippen LogP contribution in [0.15, 0.2) is 57.7 Å². The van der Waals surface area contributed by atoms with E-state index < -0.39 is 16.6 Å². The first kappa shape index (κ1) is 25.3. The summed E-state index contributed by atoms with van der Waals surface area (Å²) in [7, 11) is -4.31. The fraction of sp³-hybridized carbons (Fsp3) is 0.444. The highest BCUT2D eigenvalue weighted by Gasteiger charge is 2.41. The molecule has 0 saturated heterocycles. The zero-order valence-corrected chi connectivity index (χ0v) is 23.8. The van der Waals surface area contributed by atoms with Gasteiger partial charge >= 0.3 is 0 Å². The van der Waals surface area contributed by atoms with Crippen molar-refractivity contribution in [1.29, 1.82) is 0 Å². The highest BCUT2D eigenvalue weighted by Crippen LogP contribution is 2.42. The van der Waals surface area contributed by atoms with Gasteiger partial charge in [-0.05, 0) is 36.3 Å². The molecule has 2 aromatic carbocycles. The van der Waals surface area contributed by atoms with Gasteiger partial charge in [0.25, 0.3) is 8.32 Å². The van der Waals surface area contributed by atoms with Gasteiger partial charge in [-0.25, -0.2) is 0 Å². The molecule has 3 aromatic rings. The van der Waals surface area contributed by atoms with Crippen LogP contribution in [0.1, 0.15) is 41.5 Å². The van der Waals surface area contributed by atoms with Crippen molar-refractivity contribution in [1.82, 2.24) is 0 Å². The first-order chi connectivity index (χ1) is 15.0. The van der Waals surface area contributed by atoms with Gasteiger partial charge in [0, 0.05) is 23.8 Å². The lowest BCUT2D eigenvalue weighted by Crippen LogP contribution is -2.44. The van der Waals surface area contributed by atoms with Crippen LogP contribution in [0.2, 0.25) is 36.3 Å². The van der Waals surface area contributed by atoms with Gasteiger partial charge in [-0.3, -0.25) is 4.79 Å². The van der Waals surface area contributed by atoms with E-state index in [9.17, 15) is 4.79 Å². The topological polar surface area (TPSA) is 48.7 Å². The van der Waals surface area contributed by atoms with Crippen molar-refractivity contribution < 1.29 is 13.3 Å². The Morgan fingerprint density at radius 1 is 0.758 bits per heavy atom. The van der Waals surface area contributed by atoms with Gasteiger partial charge < -0.3 is 13.3 Å². The second kappa shape index (κ2) is 8.47. The molecule has 0 amide bonds. The number of rotatable bonds is 5. The molecular formula is C27H38O4Si2. The van der Waals surface area contributed by atoms with Crippen molar-refractivity contribution in [2.75, 3.05) is 0 Å². The van der Waals surface area contributed by atoms with E-state index in [0.717, 1.165) is 5.56 Å². The van der Waals surface area contributed by atoms with Crippen LogP contribution in [0.4, 0.5) is 0 Å². The maximum atomic E-state index is 13.3. The summed E-state index contributed by atoms with van der Waals surface area (Å²) in [5.74, 6) is 1.79. The standard InChI is InChI=1S/C27H38O4Si2/c1-26(2,3)32(7,8)30-20-16-23-25(24(17-20)31-33(9,10)27(4,5)6)21(28)18-22(29-23)19-14-12-11-13-15-19/h11-18H,1-10H3. The first-order valence-corrected chi connectivity index (χ1v) is 17.4. The lowest BCUT2D eigenvalue weighted by Gasteiger charge is -2.38. The number of hydrogen-bond donors (Lipinski definition) is 0. The highest BCUT2D eigenvalue weighted by molar-refractivity contribution is 6.75. The van der Waals surface area contributed by atoms with Gasteiger partial charge in [0.2, 0.25) is 8.32 Å². The summed E-state index contributed by atoms with van der Waals surface area (Å²) in [4.78, 5) is 13.3. The van der Waals surface area contributed by atoms with Gasteiger partial charge in [0.1, 0.15) is 28.2 Å². The third-order valence-electron chi connectivity index (χ3n) is 7.18. The monoisotopic (exact) mass is 482 g/mol. The Morgan fingerprint density at radius 2 is 1.30 bits per heavy atom. The van der Waals surface area contributed by atoms with Crippen molar-refractivity contribution in [3.8, 4) is 22.8 Å². The average molecular weight is 483 g/mol. The maximum Gasteiger partial charge on any atom is 0.250 e. The summed E-state index contributed by atoms with van der Waals surface area (Å²) in [6.07, 6.45) is 0. The third-order valence-corrected chi connectivity index (χ3v) is 15.9. The van der Waals surface area contributed by atoms with Crippen LogP contribution in [0.5, 0.6) is 11.5 Å². The smallest absolute Gasteiger partial charge is 0.250 e. The summed E-state index contributed by atoms with van der Waals surface area (Å²) in [6.45, 7) is 22.0. The van der Waals surface area contributed by atoms with E-state index in [2.05, 4.69) is 67.7 Å². The van der Waals surface area contributed by atoms with Gasteiger partial charge in [0.15, 0.2) is 5.43 Å². The van der Waals surface area contributed by atoms with Crippen LogP contribution in [0.25, 0.3) is 22.3 Å². The summed E-state index contributed by atoms with van der Waals surface area (Å²) in [6, 6.07) is 15.0. The Hall–Kier alpha value is -2.32. The van der Waals surface area contributed by atoms with E-state index in [4.69, 9.17) is 13.3 Å². The van der Waals surface area contributed by atoms with E-state index >= 15 is 0 Å². The fourth-order valence-electron chi connectivity index (χ4n) is 2.99. The summed E-state index contributed by atoms with van der Waals surface area (Å²) >= 11 is 0. The molecule has 0 aliphatic heterocycles. The van der Waals surface area contributed by atoms with Crippen molar-refractivity contribution in [3.05, 3.63) is 58.8 Å².